The van der Waals surface area contributed by atoms with E-state index >= 15 is 0 Å². The SMILES string of the molecule is CC(C)Oc1cc(F)c(-c2nc(C(=O)Cc3cnccc3[C@H]3C[C@@H](N)[C@@H](O)[C@@H](C)C3)ccc2F)c(F)c1. The fourth-order valence-corrected chi connectivity index (χ4v) is 4.96. The number of nitrogens with two attached hydrogens (primary N) is 1. The molecule has 2 heterocycles. The Morgan fingerprint density at radius 2 is 1.84 bits per heavy atom. The minimum Gasteiger partial charge on any atom is -0.491 e. The highest BCUT2D eigenvalue weighted by atomic mass is 19.1. The van der Waals surface area contributed by atoms with Gasteiger partial charge in [0.2, 0.25) is 0 Å². The lowest BCUT2D eigenvalue weighted by atomic mass is 9.74. The quantitative estimate of drug-likeness (QED) is 0.433. The van der Waals surface area contributed by atoms with Crippen molar-refractivity contribution in [2.75, 3.05) is 0 Å². The maximum absolute atomic E-state index is 14.8. The molecule has 0 aliphatic heterocycles. The average Bonchev–Trinajstić information content (AvgIpc) is 2.82. The Hall–Kier alpha value is -3.30. The Labute approximate surface area is 213 Å². The molecule has 4 atom stereocenters. The van der Waals surface area contributed by atoms with Gasteiger partial charge in [-0.1, -0.05) is 6.92 Å². The van der Waals surface area contributed by atoms with Crippen LogP contribution in [0.4, 0.5) is 13.2 Å². The molecule has 1 aromatic carbocycles. The summed E-state index contributed by atoms with van der Waals surface area (Å²) in [7, 11) is 0. The Morgan fingerprint density at radius 3 is 2.49 bits per heavy atom. The number of ether oxygens (including phenoxy) is 1. The number of halogens is 3. The number of aliphatic hydroxyl groups excluding tert-OH is 1. The molecule has 1 aliphatic rings. The normalized spacial score (nSPS) is 21.8. The van der Waals surface area contributed by atoms with E-state index in [4.69, 9.17) is 10.5 Å². The van der Waals surface area contributed by atoms with Crippen LogP contribution in [0.3, 0.4) is 0 Å². The zero-order valence-corrected chi connectivity index (χ0v) is 20.9. The maximum Gasteiger partial charge on any atom is 0.185 e. The zero-order valence-electron chi connectivity index (χ0n) is 20.9. The van der Waals surface area contributed by atoms with Gasteiger partial charge < -0.3 is 15.6 Å². The van der Waals surface area contributed by atoms with E-state index in [2.05, 4.69) is 9.97 Å². The molecule has 3 N–H and O–H groups in total. The van der Waals surface area contributed by atoms with Crippen molar-refractivity contribution in [1.82, 2.24) is 9.97 Å². The van der Waals surface area contributed by atoms with Crippen molar-refractivity contribution in [3.05, 3.63) is 77.0 Å². The van der Waals surface area contributed by atoms with Gasteiger partial charge in [0.15, 0.2) is 5.78 Å². The molecule has 1 fully saturated rings. The summed E-state index contributed by atoms with van der Waals surface area (Å²) >= 11 is 0. The second kappa shape index (κ2) is 11.0. The van der Waals surface area contributed by atoms with E-state index in [1.807, 2.05) is 13.0 Å². The van der Waals surface area contributed by atoms with Gasteiger partial charge in [-0.2, -0.15) is 0 Å². The number of nitrogens with zero attached hydrogens (tertiary/aromatic N) is 2. The molecule has 37 heavy (non-hydrogen) atoms. The van der Waals surface area contributed by atoms with E-state index in [-0.39, 0.29) is 41.8 Å². The predicted octanol–water partition coefficient (Wildman–Crippen LogP) is 4.98. The van der Waals surface area contributed by atoms with Crippen molar-refractivity contribution in [2.45, 2.75) is 64.2 Å². The number of Topliss-reactive ketones (excluding diaryl/α,β-unsaturated/α-hetero) is 1. The lowest BCUT2D eigenvalue weighted by Gasteiger charge is -2.36. The predicted molar refractivity (Wildman–Crippen MR) is 133 cm³/mol. The number of aliphatic hydroxyl groups is 1. The molecule has 0 bridgehead atoms. The highest BCUT2D eigenvalue weighted by molar-refractivity contribution is 5.96. The molecule has 0 amide bonds. The lowest BCUT2D eigenvalue weighted by molar-refractivity contribution is 0.0519. The first-order valence-electron chi connectivity index (χ1n) is 12.3. The summed E-state index contributed by atoms with van der Waals surface area (Å²) in [5.41, 5.74) is 6.30. The molecule has 0 spiro atoms. The maximum atomic E-state index is 14.8. The van der Waals surface area contributed by atoms with Crippen molar-refractivity contribution in [3.8, 4) is 17.0 Å². The minimum atomic E-state index is -1.05. The third kappa shape index (κ3) is 5.83. The van der Waals surface area contributed by atoms with Crippen LogP contribution >= 0.6 is 0 Å². The summed E-state index contributed by atoms with van der Waals surface area (Å²) in [5, 5.41) is 10.2. The van der Waals surface area contributed by atoms with Crippen molar-refractivity contribution in [3.63, 3.8) is 0 Å². The smallest absolute Gasteiger partial charge is 0.185 e. The minimum absolute atomic E-state index is 0.00564. The third-order valence-corrected chi connectivity index (χ3v) is 6.72. The van der Waals surface area contributed by atoms with Gasteiger partial charge in [0.05, 0.1) is 17.8 Å². The standard InChI is InChI=1S/C28H30F3N3O3/c1-14(2)37-18-11-21(30)26(22(31)12-18)27-20(29)4-5-24(34-27)25(35)10-17-13-33-7-6-19(17)16-8-15(3)28(36)23(32)9-16/h4-7,11-16,23,28,36H,8-10,32H2,1-3H3/t15-,16+,23+,28-/m0/s1. The molecule has 1 aliphatic carbocycles. The molecule has 0 unspecified atom stereocenters. The number of carbonyl (C=O) groups is 1. The van der Waals surface area contributed by atoms with Crippen LogP contribution in [-0.2, 0) is 6.42 Å². The van der Waals surface area contributed by atoms with Crippen molar-refractivity contribution >= 4 is 5.78 Å². The third-order valence-electron chi connectivity index (χ3n) is 6.72. The monoisotopic (exact) mass is 513 g/mol. The second-order valence-corrected chi connectivity index (χ2v) is 9.93. The molecule has 0 saturated heterocycles. The Morgan fingerprint density at radius 1 is 1.14 bits per heavy atom. The molecule has 0 radical (unpaired) electrons. The van der Waals surface area contributed by atoms with Crippen LogP contribution in [0, 0.1) is 23.4 Å². The van der Waals surface area contributed by atoms with Gasteiger partial charge in [0.1, 0.15) is 34.6 Å². The van der Waals surface area contributed by atoms with Gasteiger partial charge in [0.25, 0.3) is 0 Å². The van der Waals surface area contributed by atoms with E-state index in [9.17, 15) is 23.1 Å². The van der Waals surface area contributed by atoms with Crippen LogP contribution < -0.4 is 10.5 Å². The number of aromatic nitrogens is 2. The van der Waals surface area contributed by atoms with Crippen LogP contribution in [0.2, 0.25) is 0 Å². The van der Waals surface area contributed by atoms with Gasteiger partial charge in [-0.25, -0.2) is 18.2 Å². The largest absolute Gasteiger partial charge is 0.491 e. The average molecular weight is 514 g/mol. The zero-order chi connectivity index (χ0) is 26.9. The molecule has 1 saturated carbocycles. The van der Waals surface area contributed by atoms with Gasteiger partial charge in [-0.3, -0.25) is 9.78 Å². The van der Waals surface area contributed by atoms with Crippen LogP contribution in [0.5, 0.6) is 5.75 Å². The molecule has 196 valence electrons. The van der Waals surface area contributed by atoms with E-state index in [0.29, 0.717) is 18.4 Å². The van der Waals surface area contributed by atoms with Crippen LogP contribution in [-0.4, -0.2) is 39.1 Å². The number of rotatable bonds is 7. The number of hydrogen-bond acceptors (Lipinski definition) is 6. The molecule has 9 heteroatoms. The fraction of sp³-hybridized carbons (Fsp3) is 0.393. The molecule has 2 aromatic heterocycles. The molecule has 4 rings (SSSR count). The van der Waals surface area contributed by atoms with Crippen LogP contribution in [0.25, 0.3) is 11.3 Å². The first kappa shape index (κ1) is 26.8. The number of carbonyl (C=O) groups excluding carboxylic acids is 1. The van der Waals surface area contributed by atoms with E-state index in [1.54, 1.807) is 26.2 Å². The van der Waals surface area contributed by atoms with Gasteiger partial charge in [-0.05, 0) is 67.9 Å². The van der Waals surface area contributed by atoms with Crippen molar-refractivity contribution < 1.29 is 27.8 Å². The molecule has 3 aromatic rings. The van der Waals surface area contributed by atoms with Gasteiger partial charge in [0, 0.05) is 37.0 Å². The lowest BCUT2D eigenvalue weighted by Crippen LogP contribution is -2.44. The van der Waals surface area contributed by atoms with E-state index in [0.717, 1.165) is 23.8 Å². The molecular weight excluding hydrogens is 483 g/mol. The summed E-state index contributed by atoms with van der Waals surface area (Å²) in [4.78, 5) is 21.3. The number of pyridine rings is 2. The van der Waals surface area contributed by atoms with E-state index < -0.39 is 40.6 Å². The van der Waals surface area contributed by atoms with Gasteiger partial charge in [-0.15, -0.1) is 0 Å². The number of hydrogen-bond donors (Lipinski definition) is 2. The summed E-state index contributed by atoms with van der Waals surface area (Å²) in [6.45, 7) is 5.35. The first-order valence-corrected chi connectivity index (χ1v) is 12.3. The van der Waals surface area contributed by atoms with Crippen molar-refractivity contribution in [2.24, 2.45) is 11.7 Å². The fourth-order valence-electron chi connectivity index (χ4n) is 4.96. The van der Waals surface area contributed by atoms with Crippen LogP contribution in [0.1, 0.15) is 61.1 Å². The van der Waals surface area contributed by atoms with Gasteiger partial charge >= 0.3 is 0 Å². The number of benzene rings is 1. The van der Waals surface area contributed by atoms with Crippen LogP contribution in [0.15, 0.2) is 42.7 Å². The first-order chi connectivity index (χ1) is 17.5. The van der Waals surface area contributed by atoms with Crippen molar-refractivity contribution in [1.29, 1.82) is 0 Å². The second-order valence-electron chi connectivity index (χ2n) is 9.93. The molecule has 6 nitrogen and oxygen atoms in total. The highest BCUT2D eigenvalue weighted by Crippen LogP contribution is 2.37. The summed E-state index contributed by atoms with van der Waals surface area (Å²) in [6, 6.07) is 5.54. The van der Waals surface area contributed by atoms with E-state index in [1.165, 1.54) is 6.07 Å². The topological polar surface area (TPSA) is 98.3 Å². The Balaban J connectivity index is 1.62. The highest BCUT2D eigenvalue weighted by Gasteiger charge is 2.34. The number of ketones is 1. The summed E-state index contributed by atoms with van der Waals surface area (Å²) < 4.78 is 49.6. The Kier molecular flexibility index (Phi) is 7.94. The summed E-state index contributed by atoms with van der Waals surface area (Å²) in [6.07, 6.45) is 3.50. The Bertz CT molecular complexity index is 1270. The summed E-state index contributed by atoms with van der Waals surface area (Å²) in [5.74, 6) is -3.52. The molecular formula is C28H30F3N3O3.